The van der Waals surface area contributed by atoms with Gasteiger partial charge in [0.05, 0.1) is 17.0 Å². The summed E-state index contributed by atoms with van der Waals surface area (Å²) in [5, 5.41) is 2.96. The molecule has 0 spiro atoms. The summed E-state index contributed by atoms with van der Waals surface area (Å²) >= 11 is 5.90. The van der Waals surface area contributed by atoms with Gasteiger partial charge in [-0.2, -0.15) is 0 Å². The number of nitrogens with one attached hydrogen (secondary N) is 1. The van der Waals surface area contributed by atoms with Crippen molar-refractivity contribution >= 4 is 29.2 Å². The number of halogens is 1. The van der Waals surface area contributed by atoms with E-state index < -0.39 is 18.5 Å². The van der Waals surface area contributed by atoms with Crippen LogP contribution in [0.4, 0.5) is 5.69 Å². The lowest BCUT2D eigenvalue weighted by atomic mass is 10.3. The van der Waals surface area contributed by atoms with Crippen LogP contribution < -0.4 is 5.32 Å². The second kappa shape index (κ2) is 6.25. The Hall–Kier alpha value is -2.27. The van der Waals surface area contributed by atoms with E-state index in [1.54, 1.807) is 37.3 Å². The van der Waals surface area contributed by atoms with Crippen LogP contribution in [0.2, 0.25) is 5.02 Å². The zero-order valence-corrected chi connectivity index (χ0v) is 11.4. The zero-order valence-electron chi connectivity index (χ0n) is 10.7. The summed E-state index contributed by atoms with van der Waals surface area (Å²) in [5.41, 5.74) is 1.12. The molecule has 1 N–H and O–H groups in total. The van der Waals surface area contributed by atoms with Crippen LogP contribution in [0.3, 0.4) is 0 Å². The number of esters is 1. The number of ether oxygens (including phenoxy) is 1. The van der Waals surface area contributed by atoms with Crippen LogP contribution in [0, 0.1) is 6.92 Å². The lowest BCUT2D eigenvalue weighted by Crippen LogP contribution is -2.21. The van der Waals surface area contributed by atoms with E-state index in [1.165, 1.54) is 6.26 Å². The van der Waals surface area contributed by atoms with Gasteiger partial charge in [-0.05, 0) is 25.1 Å². The number of hydrogen-bond donors (Lipinski definition) is 1. The molecule has 1 aromatic carbocycles. The highest BCUT2D eigenvalue weighted by Gasteiger charge is 2.16. The van der Waals surface area contributed by atoms with Crippen LogP contribution in [-0.2, 0) is 9.53 Å². The van der Waals surface area contributed by atoms with Gasteiger partial charge >= 0.3 is 5.97 Å². The molecule has 2 aromatic rings. The maximum Gasteiger partial charge on any atom is 0.375 e. The highest BCUT2D eigenvalue weighted by atomic mass is 35.5. The van der Waals surface area contributed by atoms with Gasteiger partial charge in [0.25, 0.3) is 5.91 Å². The molecule has 0 fully saturated rings. The number of furan rings is 1. The van der Waals surface area contributed by atoms with Crippen LogP contribution in [-0.4, -0.2) is 18.5 Å². The third kappa shape index (κ3) is 3.39. The largest absolute Gasteiger partial charge is 0.457 e. The maximum atomic E-state index is 11.6. The topological polar surface area (TPSA) is 68.5 Å². The number of para-hydroxylation sites is 1. The summed E-state index contributed by atoms with van der Waals surface area (Å²) in [6.07, 6.45) is 1.38. The number of carbonyl (C=O) groups is 2. The number of benzene rings is 1. The average molecular weight is 294 g/mol. The Labute approximate surface area is 120 Å². The molecule has 1 aromatic heterocycles. The van der Waals surface area contributed by atoms with E-state index in [0.717, 1.165) is 0 Å². The zero-order chi connectivity index (χ0) is 14.5. The van der Waals surface area contributed by atoms with Crippen molar-refractivity contribution in [1.82, 2.24) is 0 Å². The van der Waals surface area contributed by atoms with Gasteiger partial charge < -0.3 is 14.5 Å². The summed E-state index contributed by atoms with van der Waals surface area (Å²) < 4.78 is 9.82. The second-order valence-electron chi connectivity index (χ2n) is 4.04. The SMILES string of the molecule is Cc1ccoc1C(=O)OCC(=O)Nc1ccccc1Cl. The van der Waals surface area contributed by atoms with E-state index in [9.17, 15) is 9.59 Å². The van der Waals surface area contributed by atoms with E-state index in [2.05, 4.69) is 5.32 Å². The van der Waals surface area contributed by atoms with Gasteiger partial charge in [0, 0.05) is 5.56 Å². The summed E-state index contributed by atoms with van der Waals surface area (Å²) in [7, 11) is 0. The first-order valence-corrected chi connectivity index (χ1v) is 6.21. The van der Waals surface area contributed by atoms with Crippen LogP contribution >= 0.6 is 11.6 Å². The van der Waals surface area contributed by atoms with Gasteiger partial charge in [0.1, 0.15) is 0 Å². The van der Waals surface area contributed by atoms with Crippen LogP contribution in [0.15, 0.2) is 41.0 Å². The van der Waals surface area contributed by atoms with Crippen LogP contribution in [0.25, 0.3) is 0 Å². The third-order valence-electron chi connectivity index (χ3n) is 2.53. The highest BCUT2D eigenvalue weighted by molar-refractivity contribution is 6.33. The Morgan fingerprint density at radius 3 is 2.70 bits per heavy atom. The van der Waals surface area contributed by atoms with Crippen molar-refractivity contribution in [3.05, 3.63) is 52.9 Å². The van der Waals surface area contributed by atoms with Crippen molar-refractivity contribution in [2.75, 3.05) is 11.9 Å². The van der Waals surface area contributed by atoms with Crippen molar-refractivity contribution in [2.45, 2.75) is 6.92 Å². The smallest absolute Gasteiger partial charge is 0.375 e. The Morgan fingerprint density at radius 1 is 1.30 bits per heavy atom. The average Bonchev–Trinajstić information content (AvgIpc) is 2.85. The van der Waals surface area contributed by atoms with Crippen molar-refractivity contribution in [3.63, 3.8) is 0 Å². The minimum atomic E-state index is -0.679. The Balaban J connectivity index is 1.89. The van der Waals surface area contributed by atoms with Gasteiger partial charge in [-0.3, -0.25) is 4.79 Å². The molecule has 0 saturated carbocycles. The first-order chi connectivity index (χ1) is 9.58. The molecule has 20 heavy (non-hydrogen) atoms. The molecule has 0 saturated heterocycles. The van der Waals surface area contributed by atoms with Crippen LogP contribution in [0.1, 0.15) is 16.1 Å². The maximum absolute atomic E-state index is 11.6. The Bertz CT molecular complexity index is 636. The molecule has 0 aliphatic carbocycles. The van der Waals surface area contributed by atoms with Gasteiger partial charge in [-0.1, -0.05) is 23.7 Å². The lowest BCUT2D eigenvalue weighted by Gasteiger charge is -2.07. The number of amides is 1. The molecule has 0 aliphatic heterocycles. The van der Waals surface area contributed by atoms with Crippen molar-refractivity contribution < 1.29 is 18.7 Å². The molecule has 5 nitrogen and oxygen atoms in total. The summed E-state index contributed by atoms with van der Waals surface area (Å²) in [5.74, 6) is -1.06. The Morgan fingerprint density at radius 2 is 2.05 bits per heavy atom. The lowest BCUT2D eigenvalue weighted by molar-refractivity contribution is -0.119. The van der Waals surface area contributed by atoms with E-state index in [4.69, 9.17) is 20.8 Å². The molecular weight excluding hydrogens is 282 g/mol. The number of aryl methyl sites for hydroxylation is 1. The van der Waals surface area contributed by atoms with Crippen molar-refractivity contribution in [3.8, 4) is 0 Å². The van der Waals surface area contributed by atoms with Crippen molar-refractivity contribution in [1.29, 1.82) is 0 Å². The molecule has 1 amide bonds. The van der Waals surface area contributed by atoms with E-state index in [1.807, 2.05) is 0 Å². The van der Waals surface area contributed by atoms with Gasteiger partial charge in [0.2, 0.25) is 5.76 Å². The fourth-order valence-corrected chi connectivity index (χ4v) is 1.71. The van der Waals surface area contributed by atoms with E-state index in [-0.39, 0.29) is 5.76 Å². The van der Waals surface area contributed by atoms with Gasteiger partial charge in [0.15, 0.2) is 6.61 Å². The molecular formula is C14H12ClNO4. The normalized spacial score (nSPS) is 10.1. The predicted octanol–water partition coefficient (Wildman–Crippen LogP) is 3.04. The van der Waals surface area contributed by atoms with Crippen LogP contribution in [0.5, 0.6) is 0 Å². The number of carbonyl (C=O) groups excluding carboxylic acids is 2. The minimum Gasteiger partial charge on any atom is -0.457 e. The number of anilines is 1. The second-order valence-corrected chi connectivity index (χ2v) is 4.44. The van der Waals surface area contributed by atoms with E-state index >= 15 is 0 Å². The molecule has 1 heterocycles. The third-order valence-corrected chi connectivity index (χ3v) is 2.86. The molecule has 0 atom stereocenters. The fourth-order valence-electron chi connectivity index (χ4n) is 1.53. The summed E-state index contributed by atoms with van der Waals surface area (Å²) in [6, 6.07) is 8.42. The van der Waals surface area contributed by atoms with Crippen molar-refractivity contribution in [2.24, 2.45) is 0 Å². The van der Waals surface area contributed by atoms with E-state index in [0.29, 0.717) is 16.3 Å². The standard InChI is InChI=1S/C14H12ClNO4/c1-9-6-7-19-13(9)14(18)20-8-12(17)16-11-5-3-2-4-10(11)15/h2-7H,8H2,1H3,(H,16,17). The first-order valence-electron chi connectivity index (χ1n) is 5.83. The monoisotopic (exact) mass is 293 g/mol. The molecule has 0 radical (unpaired) electrons. The quantitative estimate of drug-likeness (QED) is 0.880. The molecule has 0 unspecified atom stereocenters. The summed E-state index contributed by atoms with van der Waals surface area (Å²) in [4.78, 5) is 23.3. The molecule has 2 rings (SSSR count). The molecule has 0 aliphatic rings. The first kappa shape index (κ1) is 14.1. The molecule has 6 heteroatoms. The fraction of sp³-hybridized carbons (Fsp3) is 0.143. The summed E-state index contributed by atoms with van der Waals surface area (Å²) in [6.45, 7) is 1.30. The predicted molar refractivity (Wildman–Crippen MR) is 73.8 cm³/mol. The number of hydrogen-bond acceptors (Lipinski definition) is 4. The van der Waals surface area contributed by atoms with Gasteiger partial charge in [-0.15, -0.1) is 0 Å². The highest BCUT2D eigenvalue weighted by Crippen LogP contribution is 2.20. The van der Waals surface area contributed by atoms with Gasteiger partial charge in [-0.25, -0.2) is 4.79 Å². The Kier molecular flexibility index (Phi) is 4.42. The number of rotatable bonds is 4. The molecule has 104 valence electrons. The minimum absolute atomic E-state index is 0.0931. The molecule has 0 bridgehead atoms.